The molecule has 0 saturated carbocycles. The van der Waals surface area contributed by atoms with E-state index in [4.69, 9.17) is 0 Å². The number of ether oxygens (including phenoxy) is 1. The molecule has 16 heavy (non-hydrogen) atoms. The van der Waals surface area contributed by atoms with Crippen molar-refractivity contribution in [2.75, 3.05) is 7.11 Å². The van der Waals surface area contributed by atoms with Crippen LogP contribution in [0.1, 0.15) is 10.4 Å². The van der Waals surface area contributed by atoms with Crippen LogP contribution in [0.4, 0.5) is 0 Å². The fourth-order valence-electron chi connectivity index (χ4n) is 1.36. The van der Waals surface area contributed by atoms with Gasteiger partial charge in [0.15, 0.2) is 0 Å². The largest absolute Gasteiger partial charge is 0.465 e. The van der Waals surface area contributed by atoms with Crippen LogP contribution < -0.4 is 0 Å². The first-order valence-electron chi connectivity index (χ1n) is 4.59. The van der Waals surface area contributed by atoms with Gasteiger partial charge < -0.3 is 4.74 Å². The highest BCUT2D eigenvalue weighted by Crippen LogP contribution is 2.19. The van der Waals surface area contributed by atoms with Gasteiger partial charge in [0.2, 0.25) is 0 Å². The second kappa shape index (κ2) is 4.09. The third-order valence-corrected chi connectivity index (χ3v) is 2.10. The third-order valence-electron chi connectivity index (χ3n) is 2.10. The quantitative estimate of drug-likeness (QED) is 0.692. The minimum Gasteiger partial charge on any atom is -0.465 e. The predicted octanol–water partition coefficient (Wildman–Crippen LogP) is 0.664. The van der Waals surface area contributed by atoms with Crippen molar-refractivity contribution in [3.05, 3.63) is 30.5 Å². The van der Waals surface area contributed by atoms with E-state index in [2.05, 4.69) is 19.8 Å². The number of hydrogen-bond acceptors (Lipinski definition) is 5. The number of carbonyl (C=O) groups is 1. The molecule has 6 heteroatoms. The molecule has 0 aliphatic rings. The molecular weight excluding hydrogens is 208 g/mol. The maximum atomic E-state index is 11.5. The summed E-state index contributed by atoms with van der Waals surface area (Å²) in [5.41, 5.74) is 1.61. The van der Waals surface area contributed by atoms with Gasteiger partial charge in [-0.25, -0.2) is 14.8 Å². The van der Waals surface area contributed by atoms with Crippen LogP contribution >= 0.6 is 0 Å². The standard InChI is InChI=1S/C10H10N4O2/c1-14-5-7(3-13-14)9-8(10(15)16-2)4-11-6-12-9/h3-6H,1-2H3. The summed E-state index contributed by atoms with van der Waals surface area (Å²) in [6, 6.07) is 0. The number of hydrogen-bond donors (Lipinski definition) is 0. The van der Waals surface area contributed by atoms with Crippen molar-refractivity contribution in [3.8, 4) is 11.3 Å². The molecule has 6 nitrogen and oxygen atoms in total. The molecule has 0 N–H and O–H groups in total. The van der Waals surface area contributed by atoms with E-state index in [1.165, 1.54) is 19.6 Å². The molecular formula is C10H10N4O2. The second-order valence-corrected chi connectivity index (χ2v) is 3.18. The molecule has 0 bridgehead atoms. The minimum absolute atomic E-state index is 0.331. The maximum absolute atomic E-state index is 11.5. The molecule has 82 valence electrons. The molecule has 0 saturated heterocycles. The fourth-order valence-corrected chi connectivity index (χ4v) is 1.36. The topological polar surface area (TPSA) is 69.9 Å². The van der Waals surface area contributed by atoms with E-state index in [0.29, 0.717) is 11.3 Å². The molecule has 0 aliphatic carbocycles. The van der Waals surface area contributed by atoms with Gasteiger partial charge >= 0.3 is 5.97 Å². The molecule has 0 spiro atoms. The van der Waals surface area contributed by atoms with E-state index < -0.39 is 5.97 Å². The average molecular weight is 218 g/mol. The van der Waals surface area contributed by atoms with Crippen molar-refractivity contribution in [1.82, 2.24) is 19.7 Å². The summed E-state index contributed by atoms with van der Waals surface area (Å²) in [5, 5.41) is 4.02. The lowest BCUT2D eigenvalue weighted by Crippen LogP contribution is -2.05. The zero-order valence-electron chi connectivity index (χ0n) is 8.91. The van der Waals surface area contributed by atoms with Crippen LogP contribution in [0.2, 0.25) is 0 Å². The molecule has 0 fully saturated rings. The molecule has 0 radical (unpaired) electrons. The van der Waals surface area contributed by atoms with Gasteiger partial charge in [-0.3, -0.25) is 4.68 Å². The molecule has 2 aromatic heterocycles. The van der Waals surface area contributed by atoms with Gasteiger partial charge in [0.25, 0.3) is 0 Å². The smallest absolute Gasteiger partial charge is 0.341 e. The molecule has 0 amide bonds. The fraction of sp³-hybridized carbons (Fsp3) is 0.200. The molecule has 0 aromatic carbocycles. The lowest BCUT2D eigenvalue weighted by Gasteiger charge is -2.03. The lowest BCUT2D eigenvalue weighted by atomic mass is 10.1. The van der Waals surface area contributed by atoms with Crippen LogP contribution in [-0.4, -0.2) is 32.8 Å². The molecule has 2 aromatic rings. The first-order valence-corrected chi connectivity index (χ1v) is 4.59. The van der Waals surface area contributed by atoms with Gasteiger partial charge in [0, 0.05) is 25.0 Å². The van der Waals surface area contributed by atoms with Crippen molar-refractivity contribution < 1.29 is 9.53 Å². The summed E-state index contributed by atoms with van der Waals surface area (Å²) in [6.07, 6.45) is 6.22. The maximum Gasteiger partial charge on any atom is 0.341 e. The number of methoxy groups -OCH3 is 1. The summed E-state index contributed by atoms with van der Waals surface area (Å²) >= 11 is 0. The van der Waals surface area contributed by atoms with Crippen LogP contribution in [0, 0.1) is 0 Å². The summed E-state index contributed by atoms with van der Waals surface area (Å²) in [5.74, 6) is -0.459. The third kappa shape index (κ3) is 1.77. The summed E-state index contributed by atoms with van der Waals surface area (Å²) in [6.45, 7) is 0. The molecule has 0 unspecified atom stereocenters. The van der Waals surface area contributed by atoms with Crippen molar-refractivity contribution in [2.45, 2.75) is 0 Å². The monoisotopic (exact) mass is 218 g/mol. The van der Waals surface area contributed by atoms with Crippen molar-refractivity contribution >= 4 is 5.97 Å². The SMILES string of the molecule is COC(=O)c1cncnc1-c1cnn(C)c1. The number of aryl methyl sites for hydroxylation is 1. The highest BCUT2D eigenvalue weighted by atomic mass is 16.5. The van der Waals surface area contributed by atoms with Crippen LogP contribution in [0.15, 0.2) is 24.9 Å². The predicted molar refractivity (Wildman–Crippen MR) is 55.6 cm³/mol. The first-order chi connectivity index (χ1) is 7.72. The van der Waals surface area contributed by atoms with E-state index in [1.54, 1.807) is 24.1 Å². The van der Waals surface area contributed by atoms with Gasteiger partial charge in [-0.05, 0) is 0 Å². The highest BCUT2D eigenvalue weighted by Gasteiger charge is 2.15. The highest BCUT2D eigenvalue weighted by molar-refractivity contribution is 5.95. The summed E-state index contributed by atoms with van der Waals surface area (Å²) in [4.78, 5) is 19.4. The summed E-state index contributed by atoms with van der Waals surface area (Å²) in [7, 11) is 3.12. The Hall–Kier alpha value is -2.24. The van der Waals surface area contributed by atoms with Crippen molar-refractivity contribution in [1.29, 1.82) is 0 Å². The van der Waals surface area contributed by atoms with Gasteiger partial charge in [0.1, 0.15) is 11.9 Å². The van der Waals surface area contributed by atoms with Gasteiger partial charge in [0.05, 0.1) is 19.0 Å². The van der Waals surface area contributed by atoms with Crippen molar-refractivity contribution in [2.24, 2.45) is 7.05 Å². The number of aromatic nitrogens is 4. The Bertz CT molecular complexity index is 521. The zero-order valence-corrected chi connectivity index (χ0v) is 8.91. The van der Waals surface area contributed by atoms with E-state index in [-0.39, 0.29) is 0 Å². The average Bonchev–Trinajstić information content (AvgIpc) is 2.75. The lowest BCUT2D eigenvalue weighted by molar-refractivity contribution is 0.0600. The van der Waals surface area contributed by atoms with Gasteiger partial charge in [-0.1, -0.05) is 0 Å². The van der Waals surface area contributed by atoms with E-state index in [9.17, 15) is 4.79 Å². The number of nitrogens with zero attached hydrogens (tertiary/aromatic N) is 4. The van der Waals surface area contributed by atoms with E-state index >= 15 is 0 Å². The van der Waals surface area contributed by atoms with Gasteiger partial charge in [-0.2, -0.15) is 5.10 Å². The number of esters is 1. The minimum atomic E-state index is -0.459. The van der Waals surface area contributed by atoms with Gasteiger partial charge in [-0.15, -0.1) is 0 Å². The van der Waals surface area contributed by atoms with E-state index in [0.717, 1.165) is 5.56 Å². The zero-order chi connectivity index (χ0) is 11.5. The normalized spacial score (nSPS) is 10.1. The Balaban J connectivity index is 2.52. The van der Waals surface area contributed by atoms with E-state index in [1.807, 2.05) is 0 Å². The molecule has 2 heterocycles. The molecule has 2 rings (SSSR count). The molecule has 0 aliphatic heterocycles. The van der Waals surface area contributed by atoms with Crippen LogP contribution in [0.5, 0.6) is 0 Å². The Morgan fingerprint density at radius 2 is 2.25 bits per heavy atom. The number of carbonyl (C=O) groups excluding carboxylic acids is 1. The molecule has 0 atom stereocenters. The Labute approximate surface area is 91.9 Å². The first kappa shape index (κ1) is 10.3. The van der Waals surface area contributed by atoms with Crippen LogP contribution in [0.25, 0.3) is 11.3 Å². The summed E-state index contributed by atoms with van der Waals surface area (Å²) < 4.78 is 6.30. The Morgan fingerprint density at radius 1 is 1.44 bits per heavy atom. The number of rotatable bonds is 2. The van der Waals surface area contributed by atoms with Crippen molar-refractivity contribution in [3.63, 3.8) is 0 Å². The second-order valence-electron chi connectivity index (χ2n) is 3.18. The Morgan fingerprint density at radius 3 is 2.88 bits per heavy atom. The van der Waals surface area contributed by atoms with Crippen LogP contribution in [0.3, 0.4) is 0 Å². The van der Waals surface area contributed by atoms with Crippen LogP contribution in [-0.2, 0) is 11.8 Å². The Kier molecular flexibility index (Phi) is 2.63.